The molecule has 0 saturated heterocycles. The van der Waals surface area contributed by atoms with Crippen LogP contribution in [0.5, 0.6) is 0 Å². The van der Waals surface area contributed by atoms with Gasteiger partial charge in [0.2, 0.25) is 0 Å². The van der Waals surface area contributed by atoms with Crippen LogP contribution < -0.4 is 16.0 Å². The minimum absolute atomic E-state index is 0.0672. The van der Waals surface area contributed by atoms with Gasteiger partial charge >= 0.3 is 11.3 Å². The summed E-state index contributed by atoms with van der Waals surface area (Å²) in [6.45, 7) is 4.15. The number of ether oxygens (including phenoxy) is 1. The Morgan fingerprint density at radius 1 is 1.14 bits per heavy atom. The van der Waals surface area contributed by atoms with E-state index in [4.69, 9.17) is 21.1 Å². The molecule has 1 rings (SSSR count). The molecule has 0 aliphatic carbocycles. The minimum Gasteiger partial charge on any atom is -0.450 e. The molecule has 120 valence electrons. The van der Waals surface area contributed by atoms with Crippen molar-refractivity contribution in [3.63, 3.8) is 0 Å². The van der Waals surface area contributed by atoms with Crippen LogP contribution in [0, 0.1) is 0 Å². The number of benzene rings is 1. The van der Waals surface area contributed by atoms with Crippen molar-refractivity contribution in [2.24, 2.45) is 0 Å². The van der Waals surface area contributed by atoms with Crippen LogP contribution in [0.4, 0.5) is 21.0 Å². The second-order valence-corrected chi connectivity index (χ2v) is 4.93. The molecule has 0 unspecified atom stereocenters. The van der Waals surface area contributed by atoms with Gasteiger partial charge in [0.05, 0.1) is 36.6 Å². The summed E-state index contributed by atoms with van der Waals surface area (Å²) in [6, 6.07) is 6.93. The van der Waals surface area contributed by atoms with Gasteiger partial charge in [0.1, 0.15) is 0 Å². The van der Waals surface area contributed by atoms with Crippen LogP contribution in [-0.2, 0) is 8.92 Å². The molecular weight excluding hydrogens is 326 g/mol. The Balaban J connectivity index is 2.65. The molecule has 3 N–H and O–H groups in total. The van der Waals surface area contributed by atoms with Crippen LogP contribution in [-0.4, -0.2) is 29.7 Å². The molecule has 7 nitrogen and oxygen atoms in total. The standard InChI is InChI=1S/C13H17N3O4S2/c1-3-19-12(17)16-11(21)14-9-7-5-6-8-10(9)15-13(18)22-20-4-2/h5-8H,3-4H2,1-2H3,(H,15,18)(H2,14,16,17,21). The van der Waals surface area contributed by atoms with Gasteiger partial charge in [-0.2, -0.15) is 0 Å². The van der Waals surface area contributed by atoms with Crippen LogP contribution in [0.2, 0.25) is 0 Å². The Bertz CT molecular complexity index is 540. The van der Waals surface area contributed by atoms with E-state index in [-0.39, 0.29) is 17.0 Å². The third kappa shape index (κ3) is 6.74. The predicted octanol–water partition coefficient (Wildman–Crippen LogP) is 3.35. The molecular formula is C13H17N3O4S2. The van der Waals surface area contributed by atoms with Crippen molar-refractivity contribution >= 4 is 52.1 Å². The van der Waals surface area contributed by atoms with Gasteiger partial charge < -0.3 is 19.6 Å². The zero-order chi connectivity index (χ0) is 16.4. The van der Waals surface area contributed by atoms with Crippen molar-refractivity contribution in [3.8, 4) is 0 Å². The third-order valence-corrected chi connectivity index (χ3v) is 2.97. The lowest BCUT2D eigenvalue weighted by Gasteiger charge is -2.13. The molecule has 1 aromatic rings. The first-order chi connectivity index (χ1) is 10.6. The Hall–Kier alpha value is -1.84. The number of amides is 2. The molecule has 0 saturated carbocycles. The second kappa shape index (κ2) is 9.98. The summed E-state index contributed by atoms with van der Waals surface area (Å²) in [5.41, 5.74) is 1.04. The average molecular weight is 343 g/mol. The van der Waals surface area contributed by atoms with Crippen molar-refractivity contribution in [2.75, 3.05) is 23.8 Å². The first kappa shape index (κ1) is 18.2. The lowest BCUT2D eigenvalue weighted by Crippen LogP contribution is -2.34. The van der Waals surface area contributed by atoms with Gasteiger partial charge in [0.15, 0.2) is 5.11 Å². The summed E-state index contributed by atoms with van der Waals surface area (Å²) in [6.07, 6.45) is -0.645. The molecule has 0 aliphatic rings. The number of anilines is 2. The summed E-state index contributed by atoms with van der Waals surface area (Å²) in [7, 11) is 0. The Kier molecular flexibility index (Phi) is 8.26. The van der Waals surface area contributed by atoms with Gasteiger partial charge in [-0.15, -0.1) is 0 Å². The quantitative estimate of drug-likeness (QED) is 0.558. The molecule has 0 radical (unpaired) electrons. The number of nitrogens with one attached hydrogen (secondary N) is 3. The fourth-order valence-corrected chi connectivity index (χ4v) is 1.93. The molecule has 0 fully saturated rings. The second-order valence-electron chi connectivity index (χ2n) is 3.75. The fourth-order valence-electron chi connectivity index (χ4n) is 1.36. The van der Waals surface area contributed by atoms with Gasteiger partial charge in [-0.1, -0.05) is 12.1 Å². The van der Waals surface area contributed by atoms with E-state index >= 15 is 0 Å². The van der Waals surface area contributed by atoms with Crippen molar-refractivity contribution in [2.45, 2.75) is 13.8 Å². The van der Waals surface area contributed by atoms with Gasteiger partial charge in [0.25, 0.3) is 0 Å². The summed E-state index contributed by atoms with van der Waals surface area (Å²) < 4.78 is 9.68. The predicted molar refractivity (Wildman–Crippen MR) is 91.1 cm³/mol. The zero-order valence-corrected chi connectivity index (χ0v) is 13.8. The van der Waals surface area contributed by atoms with E-state index in [1.165, 1.54) is 0 Å². The number of alkyl carbamates (subject to hydrolysis) is 1. The molecule has 0 bridgehead atoms. The van der Waals surface area contributed by atoms with Crippen LogP contribution in [0.3, 0.4) is 0 Å². The van der Waals surface area contributed by atoms with E-state index in [1.807, 2.05) is 0 Å². The number of para-hydroxylation sites is 2. The maximum absolute atomic E-state index is 11.6. The maximum atomic E-state index is 11.6. The highest BCUT2D eigenvalue weighted by molar-refractivity contribution is 8.09. The molecule has 0 aromatic heterocycles. The first-order valence-electron chi connectivity index (χ1n) is 6.51. The van der Waals surface area contributed by atoms with Crippen LogP contribution in [0.1, 0.15) is 13.8 Å². The molecule has 9 heteroatoms. The highest BCUT2D eigenvalue weighted by atomic mass is 32.2. The van der Waals surface area contributed by atoms with E-state index in [9.17, 15) is 9.59 Å². The smallest absolute Gasteiger partial charge is 0.413 e. The normalized spacial score (nSPS) is 9.73. The monoisotopic (exact) mass is 343 g/mol. The Morgan fingerprint density at radius 3 is 2.36 bits per heavy atom. The van der Waals surface area contributed by atoms with E-state index in [1.54, 1.807) is 38.1 Å². The van der Waals surface area contributed by atoms with Gasteiger partial charge in [0, 0.05) is 0 Å². The van der Waals surface area contributed by atoms with E-state index < -0.39 is 6.09 Å². The van der Waals surface area contributed by atoms with Crippen molar-refractivity contribution in [1.82, 2.24) is 5.32 Å². The van der Waals surface area contributed by atoms with Crippen LogP contribution >= 0.6 is 24.3 Å². The van der Waals surface area contributed by atoms with Crippen LogP contribution in [0.25, 0.3) is 0 Å². The highest BCUT2D eigenvalue weighted by Gasteiger charge is 2.10. The number of thiocarbonyl (C=S) groups is 1. The number of carbonyl (C=O) groups excluding carboxylic acids is 2. The van der Waals surface area contributed by atoms with Crippen molar-refractivity contribution < 1.29 is 18.5 Å². The minimum atomic E-state index is -0.645. The summed E-state index contributed by atoms with van der Waals surface area (Å²) in [5, 5.41) is 7.55. The number of hydrogen-bond donors (Lipinski definition) is 3. The summed E-state index contributed by atoms with van der Waals surface area (Å²) in [5.74, 6) is 0. The molecule has 0 atom stereocenters. The average Bonchev–Trinajstić information content (AvgIpc) is 2.47. The summed E-state index contributed by atoms with van der Waals surface area (Å²) in [4.78, 5) is 22.9. The van der Waals surface area contributed by atoms with Crippen LogP contribution in [0.15, 0.2) is 24.3 Å². The molecule has 0 heterocycles. The molecule has 0 spiro atoms. The summed E-state index contributed by atoms with van der Waals surface area (Å²) >= 11 is 5.72. The number of carbonyl (C=O) groups is 2. The highest BCUT2D eigenvalue weighted by Crippen LogP contribution is 2.22. The van der Waals surface area contributed by atoms with E-state index in [0.29, 0.717) is 30.0 Å². The van der Waals surface area contributed by atoms with Gasteiger partial charge in [-0.3, -0.25) is 10.1 Å². The van der Waals surface area contributed by atoms with Crippen molar-refractivity contribution in [3.05, 3.63) is 24.3 Å². The lowest BCUT2D eigenvalue weighted by molar-refractivity contribution is 0.158. The Labute approximate surface area is 138 Å². The zero-order valence-electron chi connectivity index (χ0n) is 12.2. The maximum Gasteiger partial charge on any atom is 0.413 e. The molecule has 22 heavy (non-hydrogen) atoms. The van der Waals surface area contributed by atoms with Gasteiger partial charge in [-0.25, -0.2) is 4.79 Å². The molecule has 0 aliphatic heterocycles. The van der Waals surface area contributed by atoms with Gasteiger partial charge in [-0.05, 0) is 38.2 Å². The first-order valence-corrected chi connectivity index (χ1v) is 7.66. The fraction of sp³-hybridized carbons (Fsp3) is 0.308. The van der Waals surface area contributed by atoms with E-state index in [0.717, 1.165) is 0 Å². The lowest BCUT2D eigenvalue weighted by atomic mass is 10.2. The van der Waals surface area contributed by atoms with E-state index in [2.05, 4.69) is 16.0 Å². The van der Waals surface area contributed by atoms with Crippen molar-refractivity contribution in [1.29, 1.82) is 0 Å². The molecule has 1 aromatic carbocycles. The molecule has 2 amide bonds. The number of rotatable bonds is 5. The number of hydrogen-bond acceptors (Lipinski definition) is 6. The Morgan fingerprint density at radius 2 is 1.77 bits per heavy atom. The topological polar surface area (TPSA) is 88.7 Å². The SMILES string of the molecule is CCOSC(=O)Nc1ccccc1NC(=S)NC(=O)OCC. The largest absolute Gasteiger partial charge is 0.450 e. The third-order valence-electron chi connectivity index (χ3n) is 2.16.